The molecule has 0 spiro atoms. The van der Waals surface area contributed by atoms with Crippen molar-refractivity contribution >= 4 is 12.4 Å². The summed E-state index contributed by atoms with van der Waals surface area (Å²) in [6, 6.07) is -1.41. The van der Waals surface area contributed by atoms with Gasteiger partial charge >= 0.3 is 12.4 Å². The first kappa shape index (κ1) is 18.9. The number of nitrogens with two attached hydrogens (primary N) is 1. The third-order valence-electron chi connectivity index (χ3n) is 2.31. The van der Waals surface area contributed by atoms with Crippen LogP contribution >= 0.6 is 12.4 Å². The lowest BCUT2D eigenvalue weighted by molar-refractivity contribution is -0.210. The highest BCUT2D eigenvalue weighted by atomic mass is 35.5. The number of aliphatic hydroxyl groups is 1. The van der Waals surface area contributed by atoms with E-state index in [9.17, 15) is 30.7 Å². The van der Waals surface area contributed by atoms with Gasteiger partial charge in [-0.3, -0.25) is 0 Å². The summed E-state index contributed by atoms with van der Waals surface area (Å²) in [4.78, 5) is 0. The topological polar surface area (TPSA) is 46.2 Å². The van der Waals surface area contributed by atoms with Crippen molar-refractivity contribution in [1.82, 2.24) is 0 Å². The van der Waals surface area contributed by atoms with Crippen LogP contribution in [-0.4, -0.2) is 17.4 Å². The summed E-state index contributed by atoms with van der Waals surface area (Å²) in [7, 11) is 0. The van der Waals surface area contributed by atoms with Crippen molar-refractivity contribution in [2.45, 2.75) is 24.5 Å². The van der Waals surface area contributed by atoms with Crippen molar-refractivity contribution in [2.24, 2.45) is 5.73 Å². The maximum absolute atomic E-state index is 13.0. The Morgan fingerprint density at radius 1 is 1.00 bits per heavy atom. The Balaban J connectivity index is 0.00000361. The molecule has 0 aliphatic heterocycles. The van der Waals surface area contributed by atoms with E-state index in [1.165, 1.54) is 0 Å². The van der Waals surface area contributed by atoms with Gasteiger partial charge in [0.15, 0.2) is 6.10 Å². The van der Waals surface area contributed by atoms with Gasteiger partial charge in [-0.2, -0.15) is 26.3 Å². The maximum atomic E-state index is 13.0. The van der Waals surface area contributed by atoms with Crippen molar-refractivity contribution in [3.63, 3.8) is 0 Å². The Bertz CT molecular complexity index is 460. The van der Waals surface area contributed by atoms with E-state index in [0.29, 0.717) is 6.07 Å². The van der Waals surface area contributed by atoms with Gasteiger partial charge in [-0.05, 0) is 23.8 Å². The fraction of sp³-hybridized carbons (Fsp3) is 0.400. The van der Waals surface area contributed by atoms with Crippen molar-refractivity contribution in [1.29, 1.82) is 0 Å². The highest BCUT2D eigenvalue weighted by molar-refractivity contribution is 5.85. The monoisotopic (exact) mass is 327 g/mol. The first-order chi connectivity index (χ1) is 8.43. The molecule has 2 nitrogen and oxygen atoms in total. The maximum Gasteiger partial charge on any atom is 0.416 e. The normalized spacial score (nSPS) is 15.4. The van der Waals surface area contributed by atoms with E-state index in [0.717, 1.165) is 0 Å². The van der Waals surface area contributed by atoms with E-state index in [-0.39, 0.29) is 24.5 Å². The van der Waals surface area contributed by atoms with Gasteiger partial charge < -0.3 is 10.8 Å². The Morgan fingerprint density at radius 2 is 1.50 bits per heavy atom. The van der Waals surface area contributed by atoms with Crippen LogP contribution < -0.4 is 5.73 Å². The molecule has 0 amide bonds. The molecule has 0 aliphatic rings. The molecule has 0 unspecified atom stereocenters. The van der Waals surface area contributed by atoms with Gasteiger partial charge in [0, 0.05) is 0 Å². The van der Waals surface area contributed by atoms with E-state index in [1.807, 2.05) is 0 Å². The smallest absolute Gasteiger partial charge is 0.382 e. The molecule has 2 atom stereocenters. The molecule has 0 heterocycles. The minimum atomic E-state index is -5.12. The van der Waals surface area contributed by atoms with E-state index in [4.69, 9.17) is 10.8 Å². The minimum Gasteiger partial charge on any atom is -0.382 e. The molecule has 0 aromatic heterocycles. The first-order valence-corrected chi connectivity index (χ1v) is 4.81. The van der Waals surface area contributed by atoms with Crippen LogP contribution in [0.3, 0.4) is 0 Å². The molecule has 1 rings (SSSR count). The SMILES string of the molecule is Cl.N[C@H](c1cc(F)cc(C(F)(F)F)c1)[C@@H](O)C(F)(F)F. The van der Waals surface area contributed by atoms with Crippen LogP contribution in [0.15, 0.2) is 18.2 Å². The number of benzene rings is 1. The summed E-state index contributed by atoms with van der Waals surface area (Å²) in [6.45, 7) is 0. The number of halogens is 8. The molecular weight excluding hydrogens is 319 g/mol. The summed E-state index contributed by atoms with van der Waals surface area (Å²) < 4.78 is 86.5. The Kier molecular flexibility index (Phi) is 5.82. The molecule has 0 fully saturated rings. The Labute approximate surface area is 114 Å². The van der Waals surface area contributed by atoms with Crippen LogP contribution in [0.5, 0.6) is 0 Å². The van der Waals surface area contributed by atoms with Crippen LogP contribution in [0.25, 0.3) is 0 Å². The highest BCUT2D eigenvalue weighted by Gasteiger charge is 2.43. The predicted molar refractivity (Wildman–Crippen MR) is 57.6 cm³/mol. The lowest BCUT2D eigenvalue weighted by Gasteiger charge is -2.22. The molecule has 116 valence electrons. The highest BCUT2D eigenvalue weighted by Crippen LogP contribution is 2.34. The largest absolute Gasteiger partial charge is 0.416 e. The lowest BCUT2D eigenvalue weighted by atomic mass is 9.99. The third kappa shape index (κ3) is 4.50. The predicted octanol–water partition coefficient (Wildman–Crippen LogP) is 3.19. The summed E-state index contributed by atoms with van der Waals surface area (Å²) in [5, 5.41) is 8.84. The molecule has 3 N–H and O–H groups in total. The first-order valence-electron chi connectivity index (χ1n) is 4.81. The zero-order valence-electron chi connectivity index (χ0n) is 9.47. The molecule has 0 radical (unpaired) electrons. The summed E-state index contributed by atoms with van der Waals surface area (Å²) in [5.41, 5.74) is 2.73. The minimum absolute atomic E-state index is 0. The molecule has 20 heavy (non-hydrogen) atoms. The van der Waals surface area contributed by atoms with E-state index in [1.54, 1.807) is 0 Å². The number of alkyl halides is 6. The number of rotatable bonds is 2. The third-order valence-corrected chi connectivity index (χ3v) is 2.31. The Hall–Kier alpha value is -1.06. The fourth-order valence-electron chi connectivity index (χ4n) is 1.35. The van der Waals surface area contributed by atoms with Crippen LogP contribution in [0, 0.1) is 5.82 Å². The van der Waals surface area contributed by atoms with Gasteiger partial charge in [0.2, 0.25) is 0 Å². The second-order valence-corrected chi connectivity index (χ2v) is 3.78. The number of aliphatic hydroxyl groups excluding tert-OH is 1. The summed E-state index contributed by atoms with van der Waals surface area (Å²) in [6.07, 6.45) is -13.1. The quantitative estimate of drug-likeness (QED) is 0.820. The number of hydrogen-bond donors (Lipinski definition) is 2. The molecule has 0 saturated carbocycles. The standard InChI is InChI=1S/C10H8F7NO.ClH/c11-6-2-4(1-5(3-6)9(12,13)14)7(18)8(19)10(15,16)17;/h1-3,7-8,19H,18H2;1H/t7-,8-;/m1./s1. The second-order valence-electron chi connectivity index (χ2n) is 3.78. The van der Waals surface area contributed by atoms with Crippen LogP contribution in [0.2, 0.25) is 0 Å². The molecular formula is C10H9ClF7NO. The fourth-order valence-corrected chi connectivity index (χ4v) is 1.35. The average molecular weight is 328 g/mol. The van der Waals surface area contributed by atoms with E-state index >= 15 is 0 Å². The van der Waals surface area contributed by atoms with Crippen LogP contribution in [-0.2, 0) is 6.18 Å². The van der Waals surface area contributed by atoms with Gasteiger partial charge in [0.25, 0.3) is 0 Å². The van der Waals surface area contributed by atoms with E-state index < -0.39 is 41.4 Å². The molecule has 0 saturated heterocycles. The Morgan fingerprint density at radius 3 is 1.90 bits per heavy atom. The molecule has 1 aromatic rings. The summed E-state index contributed by atoms with van der Waals surface area (Å²) >= 11 is 0. The van der Waals surface area contributed by atoms with Crippen molar-refractivity contribution in [3.05, 3.63) is 35.1 Å². The second kappa shape index (κ2) is 6.15. The van der Waals surface area contributed by atoms with Gasteiger partial charge in [-0.25, -0.2) is 4.39 Å². The molecule has 0 bridgehead atoms. The zero-order valence-corrected chi connectivity index (χ0v) is 10.3. The zero-order chi connectivity index (χ0) is 15.0. The van der Waals surface area contributed by atoms with Gasteiger partial charge in [0.05, 0.1) is 11.6 Å². The van der Waals surface area contributed by atoms with Crippen molar-refractivity contribution in [2.75, 3.05) is 0 Å². The lowest BCUT2D eigenvalue weighted by Crippen LogP contribution is -2.39. The average Bonchev–Trinajstić information content (AvgIpc) is 2.23. The van der Waals surface area contributed by atoms with Crippen molar-refractivity contribution < 1.29 is 35.8 Å². The molecule has 1 aromatic carbocycles. The summed E-state index contributed by atoms with van der Waals surface area (Å²) in [5.74, 6) is -1.39. The molecule has 0 aliphatic carbocycles. The number of hydrogen-bond acceptors (Lipinski definition) is 2. The van der Waals surface area contributed by atoms with Gasteiger partial charge in [0.1, 0.15) is 5.82 Å². The van der Waals surface area contributed by atoms with Crippen molar-refractivity contribution in [3.8, 4) is 0 Å². The van der Waals surface area contributed by atoms with Gasteiger partial charge in [-0.15, -0.1) is 12.4 Å². The van der Waals surface area contributed by atoms with Crippen LogP contribution in [0.1, 0.15) is 17.2 Å². The van der Waals surface area contributed by atoms with E-state index in [2.05, 4.69) is 0 Å². The van der Waals surface area contributed by atoms with Gasteiger partial charge in [-0.1, -0.05) is 0 Å². The molecule has 10 heteroatoms. The van der Waals surface area contributed by atoms with Crippen LogP contribution in [0.4, 0.5) is 30.7 Å².